The topological polar surface area (TPSA) is 36.1 Å². The number of nitrogens with zero attached hydrogens (tertiary/aromatic N) is 1. The summed E-state index contributed by atoms with van der Waals surface area (Å²) in [5.74, 6) is 0.769. The lowest BCUT2D eigenvalue weighted by atomic mass is 10.0. The van der Waals surface area contributed by atoms with Gasteiger partial charge < -0.3 is 9.88 Å². The smallest absolute Gasteiger partial charge is 0.234 e. The number of carbonyl (C=O) groups excluding carboxylic acids is 1. The molecule has 1 aromatic heterocycles. The van der Waals surface area contributed by atoms with Gasteiger partial charge in [-0.3, -0.25) is 4.79 Å². The minimum Gasteiger partial charge on any atom is -0.361 e. The molecule has 0 aliphatic carbocycles. The van der Waals surface area contributed by atoms with Crippen molar-refractivity contribution in [3.63, 3.8) is 0 Å². The summed E-state index contributed by atoms with van der Waals surface area (Å²) in [6.45, 7) is 4.89. The van der Waals surface area contributed by atoms with E-state index in [1.54, 1.807) is 11.8 Å². The molecule has 1 amide bonds. The van der Waals surface area contributed by atoms with Crippen LogP contribution in [0.4, 0.5) is 0 Å². The van der Waals surface area contributed by atoms with Gasteiger partial charge in [-0.15, -0.1) is 11.8 Å². The predicted octanol–water partition coefficient (Wildman–Crippen LogP) is 4.56. The average molecular weight is 336 g/mol. The highest BCUT2D eigenvalue weighted by Crippen LogP contribution is 2.42. The van der Waals surface area contributed by atoms with Gasteiger partial charge in [-0.05, 0) is 31.0 Å². The van der Waals surface area contributed by atoms with Crippen LogP contribution in [0.25, 0.3) is 10.9 Å². The van der Waals surface area contributed by atoms with E-state index in [9.17, 15) is 4.79 Å². The molecule has 0 saturated carbocycles. The third-order valence-corrected chi connectivity index (χ3v) is 5.93. The molecule has 3 aromatic rings. The van der Waals surface area contributed by atoms with Crippen LogP contribution in [0.5, 0.6) is 0 Å². The number of nitrogens with one attached hydrogen (secondary N) is 1. The number of para-hydroxylation sites is 1. The van der Waals surface area contributed by atoms with Gasteiger partial charge in [0.25, 0.3) is 0 Å². The Morgan fingerprint density at radius 2 is 2.04 bits per heavy atom. The van der Waals surface area contributed by atoms with Gasteiger partial charge in [0.15, 0.2) is 0 Å². The summed E-state index contributed by atoms with van der Waals surface area (Å²) in [5, 5.41) is 1.28. The maximum atomic E-state index is 12.5. The minimum atomic E-state index is 0.0781. The van der Waals surface area contributed by atoms with E-state index in [0.717, 1.165) is 5.52 Å². The fraction of sp³-hybridized carbons (Fsp3) is 0.250. The zero-order valence-electron chi connectivity index (χ0n) is 13.9. The number of rotatable bonds is 3. The monoisotopic (exact) mass is 336 g/mol. The summed E-state index contributed by atoms with van der Waals surface area (Å²) in [6.07, 6.45) is 2.05. The molecule has 4 rings (SSSR count). The molecule has 1 aliphatic rings. The Kier molecular flexibility index (Phi) is 3.85. The van der Waals surface area contributed by atoms with Crippen molar-refractivity contribution >= 4 is 28.6 Å². The van der Waals surface area contributed by atoms with Crippen molar-refractivity contribution in [3.8, 4) is 0 Å². The highest BCUT2D eigenvalue weighted by Gasteiger charge is 2.34. The molecule has 122 valence electrons. The quantitative estimate of drug-likeness (QED) is 0.761. The molecular weight excluding hydrogens is 316 g/mol. The number of aryl methyl sites for hydroxylation is 2. The van der Waals surface area contributed by atoms with Gasteiger partial charge in [0.1, 0.15) is 5.37 Å². The summed E-state index contributed by atoms with van der Waals surface area (Å²) in [7, 11) is 0. The Labute approximate surface area is 146 Å². The lowest BCUT2D eigenvalue weighted by molar-refractivity contribution is -0.128. The molecule has 0 radical (unpaired) electrons. The second kappa shape index (κ2) is 6.02. The molecule has 1 saturated heterocycles. The van der Waals surface area contributed by atoms with Crippen LogP contribution in [0.1, 0.15) is 27.6 Å². The molecule has 0 spiro atoms. The van der Waals surface area contributed by atoms with Crippen molar-refractivity contribution in [2.75, 3.05) is 5.75 Å². The molecule has 4 heteroatoms. The number of aromatic amines is 1. The van der Waals surface area contributed by atoms with Crippen LogP contribution < -0.4 is 0 Å². The van der Waals surface area contributed by atoms with Gasteiger partial charge in [0, 0.05) is 29.2 Å². The molecule has 1 unspecified atom stereocenters. The molecule has 2 aromatic carbocycles. The van der Waals surface area contributed by atoms with Crippen molar-refractivity contribution in [1.82, 2.24) is 9.88 Å². The van der Waals surface area contributed by atoms with Crippen LogP contribution in [-0.4, -0.2) is 21.5 Å². The zero-order valence-corrected chi connectivity index (χ0v) is 14.7. The van der Waals surface area contributed by atoms with Gasteiger partial charge in [0.2, 0.25) is 5.91 Å². The second-order valence-electron chi connectivity index (χ2n) is 6.40. The number of benzene rings is 2. The van der Waals surface area contributed by atoms with Crippen LogP contribution in [0.3, 0.4) is 0 Å². The maximum Gasteiger partial charge on any atom is 0.234 e. The van der Waals surface area contributed by atoms with Crippen LogP contribution in [-0.2, 0) is 11.3 Å². The van der Waals surface area contributed by atoms with E-state index in [-0.39, 0.29) is 11.3 Å². The molecule has 1 atom stereocenters. The van der Waals surface area contributed by atoms with Gasteiger partial charge in [-0.25, -0.2) is 0 Å². The Bertz CT molecular complexity index is 915. The first-order valence-corrected chi connectivity index (χ1v) is 9.21. The SMILES string of the molecule is Cc1ccc(CN2C(=O)CSC2c2c[nH]c3ccccc23)c(C)c1. The van der Waals surface area contributed by atoms with Gasteiger partial charge in [-0.1, -0.05) is 42.0 Å². The summed E-state index contributed by atoms with van der Waals surface area (Å²) in [5.41, 5.74) is 6.05. The highest BCUT2D eigenvalue weighted by molar-refractivity contribution is 8.00. The number of hydrogen-bond donors (Lipinski definition) is 1. The maximum absolute atomic E-state index is 12.5. The zero-order chi connectivity index (χ0) is 16.7. The van der Waals surface area contributed by atoms with Crippen molar-refractivity contribution in [3.05, 3.63) is 70.9 Å². The molecule has 2 heterocycles. The molecular formula is C20H20N2OS. The van der Waals surface area contributed by atoms with E-state index < -0.39 is 0 Å². The van der Waals surface area contributed by atoms with Crippen molar-refractivity contribution in [1.29, 1.82) is 0 Å². The van der Waals surface area contributed by atoms with E-state index >= 15 is 0 Å². The minimum absolute atomic E-state index is 0.0781. The summed E-state index contributed by atoms with van der Waals surface area (Å²) < 4.78 is 0. The number of H-pyrrole nitrogens is 1. The number of aromatic nitrogens is 1. The first kappa shape index (κ1) is 15.3. The predicted molar refractivity (Wildman–Crippen MR) is 100.0 cm³/mol. The molecule has 0 bridgehead atoms. The number of carbonyl (C=O) groups is 1. The number of hydrogen-bond acceptors (Lipinski definition) is 2. The molecule has 1 fully saturated rings. The Balaban J connectivity index is 1.69. The van der Waals surface area contributed by atoms with Crippen molar-refractivity contribution in [2.45, 2.75) is 25.8 Å². The van der Waals surface area contributed by atoms with E-state index in [0.29, 0.717) is 12.3 Å². The van der Waals surface area contributed by atoms with Crippen molar-refractivity contribution < 1.29 is 4.79 Å². The van der Waals surface area contributed by atoms with E-state index in [4.69, 9.17) is 0 Å². The Morgan fingerprint density at radius 1 is 1.21 bits per heavy atom. The van der Waals surface area contributed by atoms with E-state index in [1.165, 1.54) is 27.6 Å². The summed E-state index contributed by atoms with van der Waals surface area (Å²) in [4.78, 5) is 17.8. The summed E-state index contributed by atoms with van der Waals surface area (Å²) in [6, 6.07) is 14.7. The Hall–Kier alpha value is -2.20. The van der Waals surface area contributed by atoms with Crippen LogP contribution in [0.15, 0.2) is 48.7 Å². The largest absolute Gasteiger partial charge is 0.361 e. The standard InChI is InChI=1S/C20H20N2OS/c1-13-7-8-15(14(2)9-13)11-22-19(23)12-24-20(22)17-10-21-18-6-4-3-5-16(17)18/h3-10,20-21H,11-12H2,1-2H3. The second-order valence-corrected chi connectivity index (χ2v) is 7.47. The third kappa shape index (κ3) is 2.61. The number of amides is 1. The molecule has 1 aliphatic heterocycles. The lowest BCUT2D eigenvalue weighted by Gasteiger charge is -2.24. The average Bonchev–Trinajstić information content (AvgIpc) is 3.14. The first-order chi connectivity index (χ1) is 11.6. The fourth-order valence-electron chi connectivity index (χ4n) is 3.39. The van der Waals surface area contributed by atoms with Crippen LogP contribution in [0.2, 0.25) is 0 Å². The summed E-state index contributed by atoms with van der Waals surface area (Å²) >= 11 is 1.72. The molecule has 1 N–H and O–H groups in total. The van der Waals surface area contributed by atoms with Crippen molar-refractivity contribution in [2.24, 2.45) is 0 Å². The highest BCUT2D eigenvalue weighted by atomic mass is 32.2. The first-order valence-electron chi connectivity index (χ1n) is 8.17. The van der Waals surface area contributed by atoms with E-state index in [2.05, 4.69) is 61.4 Å². The fourth-order valence-corrected chi connectivity index (χ4v) is 4.60. The van der Waals surface area contributed by atoms with Gasteiger partial charge >= 0.3 is 0 Å². The van der Waals surface area contributed by atoms with Crippen LogP contribution in [0, 0.1) is 13.8 Å². The molecule has 24 heavy (non-hydrogen) atoms. The number of fused-ring (bicyclic) bond motifs is 1. The van der Waals surface area contributed by atoms with Gasteiger partial charge in [-0.2, -0.15) is 0 Å². The number of thioether (sulfide) groups is 1. The normalized spacial score (nSPS) is 17.8. The molecule has 3 nitrogen and oxygen atoms in total. The Morgan fingerprint density at radius 3 is 2.88 bits per heavy atom. The lowest BCUT2D eigenvalue weighted by Crippen LogP contribution is -2.28. The van der Waals surface area contributed by atoms with Crippen LogP contribution >= 0.6 is 11.8 Å². The third-order valence-electron chi connectivity index (χ3n) is 4.69. The van der Waals surface area contributed by atoms with Gasteiger partial charge in [0.05, 0.1) is 5.75 Å². The van der Waals surface area contributed by atoms with E-state index in [1.807, 2.05) is 11.0 Å².